The molecule has 0 radical (unpaired) electrons. The first-order valence-electron chi connectivity index (χ1n) is 1.29. The monoisotopic (exact) mass is 129 g/mol. The predicted octanol–water partition coefficient (Wildman–Crippen LogP) is -3.13. The summed E-state index contributed by atoms with van der Waals surface area (Å²) in [7, 11) is 0. The van der Waals surface area contributed by atoms with E-state index in [9.17, 15) is 8.76 Å². The Morgan fingerprint density at radius 2 is 2.00 bits per heavy atom. The molecule has 0 saturated carbocycles. The molecule has 0 aliphatic heterocycles. The minimum atomic E-state index is -2.28. The first-order valence-corrected chi connectivity index (χ1v) is 2.36. The Labute approximate surface area is 66.6 Å². The minimum Gasteiger partial charge on any atom is -0.767 e. The van der Waals surface area contributed by atoms with Gasteiger partial charge < -0.3 is 4.55 Å². The molecule has 7 heavy (non-hydrogen) atoms. The Bertz CT molecular complexity index is 81.7. The molecule has 0 fully saturated rings. The second-order valence-electron chi connectivity index (χ2n) is 0.791. The summed E-state index contributed by atoms with van der Waals surface area (Å²) >= 11 is -2.28. The van der Waals surface area contributed by atoms with Crippen LogP contribution in [0.2, 0.25) is 0 Å². The molecule has 0 spiro atoms. The standard InChI is InChI=1S/C2H5NO2S.Na/c1-2(3)6(4)5;/h3H,1H3,(H,4,5);/q;+1/p-1. The fraction of sp³-hybridized carbons (Fsp3) is 0.500. The second-order valence-corrected chi connectivity index (χ2v) is 1.87. The van der Waals surface area contributed by atoms with Gasteiger partial charge in [0.15, 0.2) is 0 Å². The zero-order valence-electron chi connectivity index (χ0n) is 4.22. The van der Waals surface area contributed by atoms with Crippen LogP contribution in [0.1, 0.15) is 6.92 Å². The summed E-state index contributed by atoms with van der Waals surface area (Å²) in [5.74, 6) is 0. The molecule has 0 aliphatic rings. The Morgan fingerprint density at radius 1 is 1.86 bits per heavy atom. The van der Waals surface area contributed by atoms with Crippen LogP contribution in [0.3, 0.4) is 0 Å². The molecule has 0 saturated heterocycles. The van der Waals surface area contributed by atoms with E-state index in [0.717, 1.165) is 0 Å². The number of hydrogen-bond donors (Lipinski definition) is 1. The van der Waals surface area contributed by atoms with Crippen LogP contribution in [0.15, 0.2) is 0 Å². The molecule has 0 amide bonds. The molecule has 3 nitrogen and oxygen atoms in total. The Kier molecular flexibility index (Phi) is 7.54. The van der Waals surface area contributed by atoms with Crippen LogP contribution in [0.4, 0.5) is 0 Å². The topological polar surface area (TPSA) is 64.0 Å². The van der Waals surface area contributed by atoms with E-state index in [4.69, 9.17) is 5.41 Å². The van der Waals surface area contributed by atoms with Crippen LogP contribution in [0, 0.1) is 5.41 Å². The summed E-state index contributed by atoms with van der Waals surface area (Å²) in [6.07, 6.45) is 0. The summed E-state index contributed by atoms with van der Waals surface area (Å²) < 4.78 is 18.9. The van der Waals surface area contributed by atoms with Crippen molar-refractivity contribution in [3.63, 3.8) is 0 Å². The summed E-state index contributed by atoms with van der Waals surface area (Å²) in [5, 5.41) is 6.01. The van der Waals surface area contributed by atoms with E-state index in [2.05, 4.69) is 0 Å². The van der Waals surface area contributed by atoms with Crippen LogP contribution in [-0.2, 0) is 11.1 Å². The molecule has 0 heterocycles. The van der Waals surface area contributed by atoms with Gasteiger partial charge in [0.25, 0.3) is 0 Å². The molecular weight excluding hydrogens is 125 g/mol. The normalized spacial score (nSPS) is 11.7. The molecule has 0 aliphatic carbocycles. The van der Waals surface area contributed by atoms with Crippen LogP contribution in [0.25, 0.3) is 0 Å². The molecule has 1 N–H and O–H groups in total. The van der Waals surface area contributed by atoms with Crippen molar-refractivity contribution in [2.24, 2.45) is 0 Å². The van der Waals surface area contributed by atoms with Crippen molar-refractivity contribution < 1.29 is 38.3 Å². The molecule has 1 atom stereocenters. The van der Waals surface area contributed by atoms with Gasteiger partial charge in [-0.2, -0.15) is 0 Å². The second kappa shape index (κ2) is 4.93. The van der Waals surface area contributed by atoms with Crippen molar-refractivity contribution in [1.82, 2.24) is 0 Å². The van der Waals surface area contributed by atoms with E-state index in [1.807, 2.05) is 0 Å². The van der Waals surface area contributed by atoms with Crippen molar-refractivity contribution in [3.8, 4) is 0 Å². The van der Waals surface area contributed by atoms with Gasteiger partial charge in [-0.05, 0) is 18.0 Å². The van der Waals surface area contributed by atoms with E-state index in [-0.39, 0.29) is 34.6 Å². The van der Waals surface area contributed by atoms with Crippen molar-refractivity contribution >= 4 is 16.1 Å². The van der Waals surface area contributed by atoms with Crippen LogP contribution in [0.5, 0.6) is 0 Å². The van der Waals surface area contributed by atoms with Gasteiger partial charge in [-0.15, -0.1) is 0 Å². The maximum Gasteiger partial charge on any atom is 1.00 e. The van der Waals surface area contributed by atoms with Gasteiger partial charge in [0.1, 0.15) is 0 Å². The summed E-state index contributed by atoms with van der Waals surface area (Å²) in [4.78, 5) is 0. The zero-order valence-corrected chi connectivity index (χ0v) is 7.04. The van der Waals surface area contributed by atoms with Crippen LogP contribution < -0.4 is 29.6 Å². The minimum absolute atomic E-state index is 0. The summed E-state index contributed by atoms with van der Waals surface area (Å²) in [6, 6.07) is 0. The van der Waals surface area contributed by atoms with E-state index in [1.54, 1.807) is 0 Å². The molecular formula is C2H4NNaO2S. The maximum atomic E-state index is 9.47. The van der Waals surface area contributed by atoms with Gasteiger partial charge in [0.2, 0.25) is 0 Å². The van der Waals surface area contributed by atoms with Gasteiger partial charge in [0, 0.05) is 0 Å². The number of rotatable bonds is 0. The van der Waals surface area contributed by atoms with Crippen molar-refractivity contribution in [1.29, 1.82) is 5.41 Å². The number of nitrogens with one attached hydrogen (secondary N) is 1. The predicted molar refractivity (Wildman–Crippen MR) is 22.3 cm³/mol. The molecule has 1 unspecified atom stereocenters. The third-order valence-corrected chi connectivity index (χ3v) is 0.750. The average molecular weight is 129 g/mol. The molecule has 0 aromatic heterocycles. The van der Waals surface area contributed by atoms with Crippen LogP contribution >= 0.6 is 0 Å². The quantitative estimate of drug-likeness (QED) is 0.163. The third kappa shape index (κ3) is 6.78. The maximum absolute atomic E-state index is 9.47. The van der Waals surface area contributed by atoms with Gasteiger partial charge >= 0.3 is 29.6 Å². The van der Waals surface area contributed by atoms with E-state index < -0.39 is 11.1 Å². The summed E-state index contributed by atoms with van der Waals surface area (Å²) in [5.41, 5.74) is 0. The van der Waals surface area contributed by atoms with Crippen LogP contribution in [-0.4, -0.2) is 13.8 Å². The molecule has 36 valence electrons. The van der Waals surface area contributed by atoms with Gasteiger partial charge in [-0.1, -0.05) is 0 Å². The van der Waals surface area contributed by atoms with E-state index in [1.165, 1.54) is 6.92 Å². The summed E-state index contributed by atoms with van der Waals surface area (Å²) in [6.45, 7) is 1.21. The molecule has 0 aromatic rings. The molecule has 5 heteroatoms. The smallest absolute Gasteiger partial charge is 0.767 e. The van der Waals surface area contributed by atoms with Gasteiger partial charge in [-0.3, -0.25) is 9.62 Å². The van der Waals surface area contributed by atoms with Crippen molar-refractivity contribution in [2.45, 2.75) is 6.92 Å². The Balaban J connectivity index is 0. The Morgan fingerprint density at radius 3 is 2.00 bits per heavy atom. The largest absolute Gasteiger partial charge is 1.00 e. The van der Waals surface area contributed by atoms with E-state index >= 15 is 0 Å². The SMILES string of the molecule is CC(=N)S(=O)[O-].[Na+]. The zero-order chi connectivity index (χ0) is 5.15. The van der Waals surface area contributed by atoms with Gasteiger partial charge in [-0.25, -0.2) is 0 Å². The first kappa shape index (κ1) is 10.7. The molecule has 0 bridgehead atoms. The Hall–Kier alpha value is 0.780. The average Bonchev–Trinajstić information content (AvgIpc) is 1.36. The van der Waals surface area contributed by atoms with E-state index in [0.29, 0.717) is 0 Å². The third-order valence-electron chi connectivity index (χ3n) is 0.250. The first-order chi connectivity index (χ1) is 2.64. The van der Waals surface area contributed by atoms with Gasteiger partial charge in [0.05, 0.1) is 5.04 Å². The van der Waals surface area contributed by atoms with Crippen molar-refractivity contribution in [3.05, 3.63) is 0 Å². The molecule has 0 rings (SSSR count). The molecule has 0 aromatic carbocycles. The fourth-order valence-corrected chi connectivity index (χ4v) is 0. The fourth-order valence-electron chi connectivity index (χ4n) is 0. The number of hydrogen-bond acceptors (Lipinski definition) is 3. The van der Waals surface area contributed by atoms with Crippen molar-refractivity contribution in [2.75, 3.05) is 0 Å².